The molecule has 0 radical (unpaired) electrons. The molecule has 4 heteroatoms. The fourth-order valence-electron chi connectivity index (χ4n) is 1.43. The van der Waals surface area contributed by atoms with Gasteiger partial charge in [-0.15, -0.1) is 12.4 Å². The molecule has 1 fully saturated rings. The van der Waals surface area contributed by atoms with Crippen molar-refractivity contribution < 1.29 is 4.55 Å². The van der Waals surface area contributed by atoms with Crippen molar-refractivity contribution in [3.05, 3.63) is 0 Å². The highest BCUT2D eigenvalue weighted by molar-refractivity contribution is 7.92. The lowest BCUT2D eigenvalue weighted by Crippen LogP contribution is -2.36. The van der Waals surface area contributed by atoms with Crippen LogP contribution in [0.2, 0.25) is 0 Å². The van der Waals surface area contributed by atoms with Gasteiger partial charge in [0.05, 0.1) is 0 Å². The minimum absolute atomic E-state index is 0. The van der Waals surface area contributed by atoms with Gasteiger partial charge in [0.2, 0.25) is 0 Å². The zero-order valence-electron chi connectivity index (χ0n) is 7.54. The summed E-state index contributed by atoms with van der Waals surface area (Å²) in [5, 5.41) is 3.76. The molecule has 1 N–H and O–H groups in total. The number of hydrogen-bond donors (Lipinski definition) is 1. The van der Waals surface area contributed by atoms with Gasteiger partial charge in [-0.1, -0.05) is 18.1 Å². The van der Waals surface area contributed by atoms with E-state index >= 15 is 0 Å². The molecule has 0 saturated carbocycles. The third kappa shape index (κ3) is 3.99. The highest BCUT2D eigenvalue weighted by atomic mass is 35.5. The van der Waals surface area contributed by atoms with Crippen molar-refractivity contribution in [2.24, 2.45) is 0 Å². The van der Waals surface area contributed by atoms with Gasteiger partial charge in [0, 0.05) is 12.8 Å². The van der Waals surface area contributed by atoms with Crippen LogP contribution in [0, 0.1) is 0 Å². The third-order valence-electron chi connectivity index (χ3n) is 2.06. The van der Waals surface area contributed by atoms with Crippen molar-refractivity contribution in [3.63, 3.8) is 0 Å². The molecule has 0 amide bonds. The van der Waals surface area contributed by atoms with E-state index in [0.717, 1.165) is 38.1 Å². The number of hydrogen-bond acceptors (Lipinski definition) is 2. The SMILES string of the molecule is CCC[S+]([O-])C1CCNCC1.Cl. The summed E-state index contributed by atoms with van der Waals surface area (Å²) in [6, 6.07) is 0. The Morgan fingerprint density at radius 1 is 1.42 bits per heavy atom. The van der Waals surface area contributed by atoms with Gasteiger partial charge < -0.3 is 9.87 Å². The topological polar surface area (TPSA) is 35.1 Å². The van der Waals surface area contributed by atoms with Crippen LogP contribution >= 0.6 is 12.4 Å². The Kier molecular flexibility index (Phi) is 7.34. The van der Waals surface area contributed by atoms with E-state index in [2.05, 4.69) is 12.2 Å². The summed E-state index contributed by atoms with van der Waals surface area (Å²) in [7, 11) is 0. The van der Waals surface area contributed by atoms with E-state index in [1.807, 2.05) is 0 Å². The predicted octanol–water partition coefficient (Wildman–Crippen LogP) is 1.32. The van der Waals surface area contributed by atoms with Gasteiger partial charge in [-0.2, -0.15) is 0 Å². The molecule has 2 nitrogen and oxygen atoms in total. The average Bonchev–Trinajstić information content (AvgIpc) is 2.07. The Labute approximate surface area is 84.1 Å². The second kappa shape index (κ2) is 7.01. The van der Waals surface area contributed by atoms with Crippen LogP contribution in [0.1, 0.15) is 26.2 Å². The maximum Gasteiger partial charge on any atom is 0.118 e. The van der Waals surface area contributed by atoms with Gasteiger partial charge in [-0.3, -0.25) is 0 Å². The molecular formula is C8H18ClNOS. The Morgan fingerprint density at radius 2 is 2.00 bits per heavy atom. The molecule has 0 bridgehead atoms. The maximum absolute atomic E-state index is 11.5. The van der Waals surface area contributed by atoms with Crippen LogP contribution in [-0.4, -0.2) is 28.6 Å². The summed E-state index contributed by atoms with van der Waals surface area (Å²) in [6.45, 7) is 4.21. The van der Waals surface area contributed by atoms with Crippen molar-refractivity contribution in [2.75, 3.05) is 18.8 Å². The lowest BCUT2D eigenvalue weighted by atomic mass is 10.2. The molecule has 1 rings (SSSR count). The normalized spacial score (nSPS) is 21.5. The lowest BCUT2D eigenvalue weighted by molar-refractivity contribution is 0.495. The zero-order chi connectivity index (χ0) is 8.10. The lowest BCUT2D eigenvalue weighted by Gasteiger charge is -2.25. The Hall–Kier alpha value is 0.560. The van der Waals surface area contributed by atoms with Crippen LogP contribution in [0.5, 0.6) is 0 Å². The van der Waals surface area contributed by atoms with E-state index in [-0.39, 0.29) is 12.4 Å². The summed E-state index contributed by atoms with van der Waals surface area (Å²) in [6.07, 6.45) is 3.26. The number of halogens is 1. The monoisotopic (exact) mass is 211 g/mol. The summed E-state index contributed by atoms with van der Waals surface area (Å²) >= 11 is -0.546. The van der Waals surface area contributed by atoms with E-state index in [0.29, 0.717) is 5.25 Å². The quantitative estimate of drug-likeness (QED) is 0.715. The van der Waals surface area contributed by atoms with Gasteiger partial charge in [0.25, 0.3) is 0 Å². The fourth-order valence-corrected chi connectivity index (χ4v) is 2.92. The molecular weight excluding hydrogens is 194 g/mol. The summed E-state index contributed by atoms with van der Waals surface area (Å²) in [4.78, 5) is 0. The van der Waals surface area contributed by atoms with Crippen LogP contribution in [0.4, 0.5) is 0 Å². The second-order valence-electron chi connectivity index (χ2n) is 3.03. The van der Waals surface area contributed by atoms with Gasteiger partial charge in [0.15, 0.2) is 0 Å². The molecule has 0 spiro atoms. The third-order valence-corrected chi connectivity index (χ3v) is 4.09. The van der Waals surface area contributed by atoms with E-state index in [1.165, 1.54) is 0 Å². The molecule has 1 unspecified atom stereocenters. The molecule has 1 aliphatic heterocycles. The van der Waals surface area contributed by atoms with Gasteiger partial charge >= 0.3 is 0 Å². The van der Waals surface area contributed by atoms with Gasteiger partial charge in [-0.25, -0.2) is 0 Å². The predicted molar refractivity (Wildman–Crippen MR) is 56.4 cm³/mol. The average molecular weight is 212 g/mol. The first kappa shape index (κ1) is 12.6. The largest absolute Gasteiger partial charge is 0.616 e. The van der Waals surface area contributed by atoms with E-state index in [4.69, 9.17) is 0 Å². The second-order valence-corrected chi connectivity index (χ2v) is 4.87. The molecule has 1 heterocycles. The maximum atomic E-state index is 11.5. The standard InChI is InChI=1S/C8H17NOS.ClH/c1-2-7-11(10)8-3-5-9-6-4-8;/h8-9H,2-7H2,1H3;1H. The van der Waals surface area contributed by atoms with Crippen LogP contribution in [0.3, 0.4) is 0 Å². The molecule has 0 aromatic carbocycles. The summed E-state index contributed by atoms with van der Waals surface area (Å²) in [5.41, 5.74) is 0. The highest BCUT2D eigenvalue weighted by Gasteiger charge is 2.23. The van der Waals surface area contributed by atoms with Gasteiger partial charge in [0.1, 0.15) is 11.0 Å². The van der Waals surface area contributed by atoms with E-state index in [1.54, 1.807) is 0 Å². The molecule has 74 valence electrons. The van der Waals surface area contributed by atoms with Crippen LogP contribution in [0.25, 0.3) is 0 Å². The van der Waals surface area contributed by atoms with E-state index < -0.39 is 11.2 Å². The van der Waals surface area contributed by atoms with E-state index in [9.17, 15) is 4.55 Å². The van der Waals surface area contributed by atoms with Crippen molar-refractivity contribution in [2.45, 2.75) is 31.4 Å². The van der Waals surface area contributed by atoms with Crippen molar-refractivity contribution >= 4 is 23.6 Å². The summed E-state index contributed by atoms with van der Waals surface area (Å²) < 4.78 is 11.5. The zero-order valence-corrected chi connectivity index (χ0v) is 9.18. The number of piperidine rings is 1. The molecule has 0 aromatic rings. The molecule has 1 aliphatic rings. The minimum Gasteiger partial charge on any atom is -0.616 e. The highest BCUT2D eigenvalue weighted by Crippen LogP contribution is 2.14. The van der Waals surface area contributed by atoms with Crippen molar-refractivity contribution in [1.29, 1.82) is 0 Å². The van der Waals surface area contributed by atoms with Crippen molar-refractivity contribution in [1.82, 2.24) is 5.32 Å². The fraction of sp³-hybridized carbons (Fsp3) is 1.00. The first-order chi connectivity index (χ1) is 5.34. The smallest absolute Gasteiger partial charge is 0.118 e. The number of nitrogens with one attached hydrogen (secondary N) is 1. The molecule has 0 aliphatic carbocycles. The summed E-state index contributed by atoms with van der Waals surface area (Å²) in [5.74, 6) is 0.894. The Bertz CT molecular complexity index is 109. The van der Waals surface area contributed by atoms with Crippen molar-refractivity contribution in [3.8, 4) is 0 Å². The molecule has 1 saturated heterocycles. The minimum atomic E-state index is -0.546. The molecule has 0 aromatic heterocycles. The first-order valence-electron chi connectivity index (χ1n) is 4.42. The molecule has 1 atom stereocenters. The molecule has 12 heavy (non-hydrogen) atoms. The Balaban J connectivity index is 0.00000121. The van der Waals surface area contributed by atoms with Crippen LogP contribution in [-0.2, 0) is 11.2 Å². The van der Waals surface area contributed by atoms with Crippen LogP contribution in [0.15, 0.2) is 0 Å². The first-order valence-corrected chi connectivity index (χ1v) is 5.80. The number of rotatable bonds is 3. The Morgan fingerprint density at radius 3 is 2.50 bits per heavy atom. The van der Waals surface area contributed by atoms with Gasteiger partial charge in [-0.05, 0) is 19.5 Å². The van der Waals surface area contributed by atoms with Crippen LogP contribution < -0.4 is 5.32 Å².